The van der Waals surface area contributed by atoms with Crippen LogP contribution >= 0.6 is 11.8 Å². The summed E-state index contributed by atoms with van der Waals surface area (Å²) in [6.07, 6.45) is 13.1. The van der Waals surface area contributed by atoms with Crippen LogP contribution in [0.4, 0.5) is 0 Å². The van der Waals surface area contributed by atoms with Crippen LogP contribution in [-0.4, -0.2) is 23.6 Å². The molecule has 0 heterocycles. The summed E-state index contributed by atoms with van der Waals surface area (Å²) in [5, 5.41) is 3.75. The largest absolute Gasteiger partial charge is 0.313 e. The second kappa shape index (κ2) is 11.2. The van der Waals surface area contributed by atoms with Crippen LogP contribution < -0.4 is 5.32 Å². The van der Waals surface area contributed by atoms with Gasteiger partial charge in [0.2, 0.25) is 0 Å². The molecule has 0 aromatic carbocycles. The van der Waals surface area contributed by atoms with Crippen molar-refractivity contribution in [2.24, 2.45) is 0 Å². The average molecular weight is 274 g/mol. The van der Waals surface area contributed by atoms with Gasteiger partial charge in [-0.25, -0.2) is 0 Å². The molecule has 0 amide bonds. The number of unbranched alkanes of at least 4 members (excludes halogenated alkanes) is 4. The molecule has 1 N–H and O–H groups in total. The number of nitrogens with one attached hydrogen (secondary N) is 1. The molecule has 0 aliphatic rings. The van der Waals surface area contributed by atoms with Gasteiger partial charge in [-0.2, -0.15) is 11.8 Å². The van der Waals surface area contributed by atoms with E-state index in [9.17, 15) is 0 Å². The van der Waals surface area contributed by atoms with Crippen molar-refractivity contribution in [1.29, 1.82) is 0 Å². The van der Waals surface area contributed by atoms with Crippen LogP contribution in [0.5, 0.6) is 0 Å². The molecule has 0 saturated heterocycles. The zero-order chi connectivity index (χ0) is 13.9. The van der Waals surface area contributed by atoms with Crippen LogP contribution in [0.25, 0.3) is 0 Å². The van der Waals surface area contributed by atoms with E-state index in [1.165, 1.54) is 51.4 Å². The van der Waals surface area contributed by atoms with Crippen molar-refractivity contribution < 1.29 is 0 Å². The van der Waals surface area contributed by atoms with Gasteiger partial charge >= 0.3 is 0 Å². The van der Waals surface area contributed by atoms with E-state index >= 15 is 0 Å². The topological polar surface area (TPSA) is 12.0 Å². The Morgan fingerprint density at radius 3 is 2.11 bits per heavy atom. The molecule has 1 nitrogen and oxygen atoms in total. The van der Waals surface area contributed by atoms with Gasteiger partial charge in [0.15, 0.2) is 0 Å². The lowest BCUT2D eigenvalue weighted by Gasteiger charge is -2.31. The van der Waals surface area contributed by atoms with Crippen molar-refractivity contribution in [2.45, 2.75) is 89.9 Å². The van der Waals surface area contributed by atoms with Gasteiger partial charge in [-0.15, -0.1) is 0 Å². The fraction of sp³-hybridized carbons (Fsp3) is 1.00. The maximum absolute atomic E-state index is 3.75. The molecule has 0 aliphatic heterocycles. The van der Waals surface area contributed by atoms with Gasteiger partial charge in [0.25, 0.3) is 0 Å². The molecule has 0 aromatic heterocycles. The molecular formula is C16H35NS. The third-order valence-corrected chi connectivity index (χ3v) is 5.82. The molecule has 0 aromatic rings. The third-order valence-electron chi connectivity index (χ3n) is 4.24. The first-order valence-corrected chi connectivity index (χ1v) is 9.15. The van der Waals surface area contributed by atoms with Crippen LogP contribution in [0.1, 0.15) is 79.1 Å². The van der Waals surface area contributed by atoms with E-state index < -0.39 is 0 Å². The second-order valence-electron chi connectivity index (χ2n) is 5.58. The van der Waals surface area contributed by atoms with E-state index in [2.05, 4.69) is 39.3 Å². The first-order valence-electron chi connectivity index (χ1n) is 7.92. The van der Waals surface area contributed by atoms with E-state index in [1.54, 1.807) is 0 Å². The van der Waals surface area contributed by atoms with Crippen molar-refractivity contribution >= 4 is 11.8 Å². The molecule has 1 atom stereocenters. The molecule has 0 radical (unpaired) electrons. The van der Waals surface area contributed by atoms with Crippen molar-refractivity contribution in [3.8, 4) is 0 Å². The van der Waals surface area contributed by atoms with E-state index in [0.717, 1.165) is 6.54 Å². The molecule has 0 rings (SSSR count). The Bertz CT molecular complexity index is 170. The van der Waals surface area contributed by atoms with Crippen LogP contribution in [-0.2, 0) is 0 Å². The minimum atomic E-state index is 0.455. The lowest BCUT2D eigenvalue weighted by atomic mass is 10.0. The van der Waals surface area contributed by atoms with Crippen molar-refractivity contribution in [2.75, 3.05) is 12.8 Å². The summed E-state index contributed by atoms with van der Waals surface area (Å²) in [6.45, 7) is 10.4. The Hall–Kier alpha value is 0.310. The zero-order valence-corrected chi connectivity index (χ0v) is 14.2. The monoisotopic (exact) mass is 273 g/mol. The van der Waals surface area contributed by atoms with Crippen LogP contribution in [0.3, 0.4) is 0 Å². The molecule has 0 saturated carbocycles. The molecule has 0 bridgehead atoms. The summed E-state index contributed by atoms with van der Waals surface area (Å²) >= 11 is 2.03. The fourth-order valence-electron chi connectivity index (χ4n) is 2.38. The number of hydrogen-bond donors (Lipinski definition) is 1. The van der Waals surface area contributed by atoms with Crippen molar-refractivity contribution in [1.82, 2.24) is 5.32 Å². The molecule has 0 spiro atoms. The summed E-state index contributed by atoms with van der Waals surface area (Å²) in [6, 6.07) is 0.677. The highest BCUT2D eigenvalue weighted by molar-refractivity contribution is 8.00. The molecule has 18 heavy (non-hydrogen) atoms. The number of thioether (sulfide) groups is 1. The summed E-state index contributed by atoms with van der Waals surface area (Å²) in [5.41, 5.74) is 0. The summed E-state index contributed by atoms with van der Waals surface area (Å²) in [4.78, 5) is 0. The quantitative estimate of drug-likeness (QED) is 0.488. The smallest absolute Gasteiger partial charge is 0.0276 e. The van der Waals surface area contributed by atoms with E-state index in [-0.39, 0.29) is 0 Å². The molecular weight excluding hydrogens is 238 g/mol. The first kappa shape index (κ1) is 18.3. The minimum Gasteiger partial charge on any atom is -0.313 e. The standard InChI is InChI=1S/C16H35NS/c1-6-9-10-11-12-13-15(4)17-14-16(7-2,8-3)18-5/h15,17H,6-14H2,1-5H3. The summed E-state index contributed by atoms with van der Waals surface area (Å²) in [7, 11) is 0. The van der Waals surface area contributed by atoms with E-state index in [1.807, 2.05) is 11.8 Å². The normalized spacial score (nSPS) is 13.8. The molecule has 0 fully saturated rings. The Kier molecular flexibility index (Phi) is 11.4. The molecule has 2 heteroatoms. The molecule has 110 valence electrons. The Morgan fingerprint density at radius 1 is 1.00 bits per heavy atom. The maximum Gasteiger partial charge on any atom is 0.0276 e. The zero-order valence-electron chi connectivity index (χ0n) is 13.3. The van der Waals surface area contributed by atoms with Gasteiger partial charge in [0.1, 0.15) is 0 Å². The molecule has 1 unspecified atom stereocenters. The van der Waals surface area contributed by atoms with Gasteiger partial charge in [0, 0.05) is 17.3 Å². The van der Waals surface area contributed by atoms with Gasteiger partial charge in [-0.1, -0.05) is 52.9 Å². The predicted molar refractivity (Wildman–Crippen MR) is 87.7 cm³/mol. The van der Waals surface area contributed by atoms with Crippen LogP contribution in [0.2, 0.25) is 0 Å². The molecule has 0 aliphatic carbocycles. The van der Waals surface area contributed by atoms with E-state index in [0.29, 0.717) is 10.8 Å². The number of rotatable bonds is 12. The van der Waals surface area contributed by atoms with E-state index in [4.69, 9.17) is 0 Å². The summed E-state index contributed by atoms with van der Waals surface area (Å²) < 4.78 is 0.455. The second-order valence-corrected chi connectivity index (χ2v) is 6.85. The van der Waals surface area contributed by atoms with Gasteiger partial charge in [-0.3, -0.25) is 0 Å². The van der Waals surface area contributed by atoms with Gasteiger partial charge < -0.3 is 5.32 Å². The van der Waals surface area contributed by atoms with Gasteiger partial charge in [-0.05, 0) is 32.4 Å². The summed E-state index contributed by atoms with van der Waals surface area (Å²) in [5.74, 6) is 0. The SMILES string of the molecule is CCCCCCCC(C)NCC(CC)(CC)SC. The Labute approximate surface area is 120 Å². The average Bonchev–Trinajstić information content (AvgIpc) is 2.41. The van der Waals surface area contributed by atoms with Gasteiger partial charge in [0.05, 0.1) is 0 Å². The predicted octanol–water partition coefficient (Wildman–Crippen LogP) is 5.25. The first-order chi connectivity index (χ1) is 8.64. The lowest BCUT2D eigenvalue weighted by molar-refractivity contribution is 0.426. The maximum atomic E-state index is 3.75. The Balaban J connectivity index is 3.71. The van der Waals surface area contributed by atoms with Crippen LogP contribution in [0, 0.1) is 0 Å². The fourth-order valence-corrected chi connectivity index (χ4v) is 3.18. The highest BCUT2D eigenvalue weighted by atomic mass is 32.2. The lowest BCUT2D eigenvalue weighted by Crippen LogP contribution is -2.40. The minimum absolute atomic E-state index is 0.455. The van der Waals surface area contributed by atoms with Crippen molar-refractivity contribution in [3.05, 3.63) is 0 Å². The van der Waals surface area contributed by atoms with Crippen molar-refractivity contribution in [3.63, 3.8) is 0 Å². The van der Waals surface area contributed by atoms with Crippen LogP contribution in [0.15, 0.2) is 0 Å². The third kappa shape index (κ3) is 7.68. The highest BCUT2D eigenvalue weighted by Crippen LogP contribution is 2.29. The number of hydrogen-bond acceptors (Lipinski definition) is 2. The highest BCUT2D eigenvalue weighted by Gasteiger charge is 2.24. The Morgan fingerprint density at radius 2 is 1.61 bits per heavy atom.